The third kappa shape index (κ3) is 4.06. The Bertz CT molecular complexity index is 913. The molecule has 1 saturated heterocycles. The number of aryl methyl sites for hydroxylation is 2. The third-order valence-electron chi connectivity index (χ3n) is 4.65. The molecular formula is C18H25FN4O3S. The summed E-state index contributed by atoms with van der Waals surface area (Å²) in [5.41, 5.74) is 1.26. The number of likely N-dealkylation sites (N-methyl/N-ethyl adjacent to an activating group) is 1. The van der Waals surface area contributed by atoms with Crippen molar-refractivity contribution in [3.8, 4) is 0 Å². The van der Waals surface area contributed by atoms with Gasteiger partial charge in [-0.2, -0.15) is 9.40 Å². The maximum Gasteiger partial charge on any atom is 0.244 e. The number of morpholine rings is 1. The molecule has 7 nitrogen and oxygen atoms in total. The lowest BCUT2D eigenvalue weighted by Crippen LogP contribution is -2.51. The molecule has 3 rings (SSSR count). The zero-order chi connectivity index (χ0) is 19.8. The minimum Gasteiger partial charge on any atom is -0.373 e. The van der Waals surface area contributed by atoms with Gasteiger partial charge in [0.1, 0.15) is 5.82 Å². The fourth-order valence-electron chi connectivity index (χ4n) is 3.44. The molecule has 1 aromatic carbocycles. The summed E-state index contributed by atoms with van der Waals surface area (Å²) in [6, 6.07) is 3.30. The summed E-state index contributed by atoms with van der Waals surface area (Å²) in [5.74, 6) is -0.574. The number of halogens is 1. The molecule has 1 aliphatic rings. The fraction of sp³-hybridized carbons (Fsp3) is 0.500. The number of nitrogens with zero attached hydrogens (tertiary/aromatic N) is 4. The van der Waals surface area contributed by atoms with Crippen LogP contribution in [0.15, 0.2) is 35.5 Å². The van der Waals surface area contributed by atoms with Gasteiger partial charge in [0.25, 0.3) is 0 Å². The van der Waals surface area contributed by atoms with Gasteiger partial charge < -0.3 is 9.64 Å². The van der Waals surface area contributed by atoms with Gasteiger partial charge in [-0.05, 0) is 38.7 Å². The normalized spacial score (nSPS) is 21.7. The summed E-state index contributed by atoms with van der Waals surface area (Å²) in [7, 11) is 1.69. The van der Waals surface area contributed by atoms with Crippen molar-refractivity contribution in [3.05, 3.63) is 47.5 Å². The van der Waals surface area contributed by atoms with Gasteiger partial charge in [-0.3, -0.25) is 4.68 Å². The Morgan fingerprint density at radius 2 is 2.11 bits per heavy atom. The fourth-order valence-corrected chi connectivity index (χ4v) is 5.30. The van der Waals surface area contributed by atoms with E-state index < -0.39 is 21.9 Å². The zero-order valence-corrected chi connectivity index (χ0v) is 16.8. The van der Waals surface area contributed by atoms with Crippen molar-refractivity contribution in [1.29, 1.82) is 0 Å². The molecule has 0 N–H and O–H groups in total. The summed E-state index contributed by atoms with van der Waals surface area (Å²) >= 11 is 0. The molecule has 27 heavy (non-hydrogen) atoms. The zero-order valence-electron chi connectivity index (χ0n) is 16.0. The smallest absolute Gasteiger partial charge is 0.244 e. The van der Waals surface area contributed by atoms with E-state index in [1.54, 1.807) is 31.0 Å². The van der Waals surface area contributed by atoms with E-state index in [2.05, 4.69) is 5.10 Å². The van der Waals surface area contributed by atoms with E-state index in [4.69, 9.17) is 4.74 Å². The van der Waals surface area contributed by atoms with E-state index in [-0.39, 0.29) is 24.2 Å². The van der Waals surface area contributed by atoms with Crippen LogP contribution in [0.25, 0.3) is 0 Å². The van der Waals surface area contributed by atoms with Crippen molar-refractivity contribution >= 4 is 10.0 Å². The second kappa shape index (κ2) is 7.67. The summed E-state index contributed by atoms with van der Waals surface area (Å²) < 4.78 is 49.7. The van der Waals surface area contributed by atoms with Gasteiger partial charge in [0, 0.05) is 31.9 Å². The summed E-state index contributed by atoms with van der Waals surface area (Å²) in [4.78, 5) is 1.94. The summed E-state index contributed by atoms with van der Waals surface area (Å²) in [6.45, 7) is 2.70. The van der Waals surface area contributed by atoms with Gasteiger partial charge in [-0.25, -0.2) is 12.8 Å². The highest BCUT2D eigenvalue weighted by molar-refractivity contribution is 7.89. The molecule has 1 aliphatic heterocycles. The summed E-state index contributed by atoms with van der Waals surface area (Å²) in [6.07, 6.45) is 3.09. The van der Waals surface area contributed by atoms with E-state index in [0.29, 0.717) is 12.1 Å². The number of hydrogen-bond donors (Lipinski definition) is 0. The SMILES string of the molecule is Cc1ccc(F)cc1S(=O)(=O)N1CCO[C@@H](CN(C)C)[C@@H]1c1cnn(C)c1. The van der Waals surface area contributed by atoms with Crippen LogP contribution in [0.3, 0.4) is 0 Å². The van der Waals surface area contributed by atoms with Gasteiger partial charge in [-0.1, -0.05) is 6.07 Å². The van der Waals surface area contributed by atoms with Crippen molar-refractivity contribution in [3.63, 3.8) is 0 Å². The van der Waals surface area contributed by atoms with Crippen LogP contribution in [-0.4, -0.2) is 67.3 Å². The van der Waals surface area contributed by atoms with Crippen molar-refractivity contribution in [2.75, 3.05) is 33.8 Å². The lowest BCUT2D eigenvalue weighted by Gasteiger charge is -2.41. The average Bonchev–Trinajstić information content (AvgIpc) is 3.02. The van der Waals surface area contributed by atoms with Crippen LogP contribution >= 0.6 is 0 Å². The Kier molecular flexibility index (Phi) is 5.66. The number of hydrogen-bond acceptors (Lipinski definition) is 5. The molecule has 0 saturated carbocycles. The van der Waals surface area contributed by atoms with Crippen LogP contribution < -0.4 is 0 Å². The van der Waals surface area contributed by atoms with Gasteiger partial charge in [0.2, 0.25) is 10.0 Å². The Labute approximate surface area is 159 Å². The monoisotopic (exact) mass is 396 g/mol. The van der Waals surface area contributed by atoms with Gasteiger partial charge in [0.05, 0.1) is 29.8 Å². The van der Waals surface area contributed by atoms with E-state index in [1.165, 1.54) is 16.4 Å². The van der Waals surface area contributed by atoms with Crippen LogP contribution in [-0.2, 0) is 21.8 Å². The lowest BCUT2D eigenvalue weighted by molar-refractivity contribution is -0.0514. The first-order valence-electron chi connectivity index (χ1n) is 8.73. The molecule has 0 aliphatic carbocycles. The first-order chi connectivity index (χ1) is 12.7. The van der Waals surface area contributed by atoms with E-state index in [1.807, 2.05) is 19.0 Å². The predicted molar refractivity (Wildman–Crippen MR) is 99.3 cm³/mol. The highest BCUT2D eigenvalue weighted by Gasteiger charge is 2.42. The lowest BCUT2D eigenvalue weighted by atomic mass is 10.0. The molecule has 0 bridgehead atoms. The standard InChI is InChI=1S/C18H25FN4O3S/c1-13-5-6-15(19)9-17(13)27(24,25)23-7-8-26-16(12-21(2)3)18(23)14-10-20-22(4)11-14/h5-6,9-11,16,18H,7-8,12H2,1-4H3/t16-,18-/m0/s1. The number of sulfonamides is 1. The minimum absolute atomic E-state index is 0.0121. The molecular weight excluding hydrogens is 371 g/mol. The molecule has 0 amide bonds. The van der Waals surface area contributed by atoms with Crippen molar-refractivity contribution in [2.24, 2.45) is 7.05 Å². The Balaban J connectivity index is 2.08. The highest BCUT2D eigenvalue weighted by Crippen LogP contribution is 2.35. The Morgan fingerprint density at radius 1 is 1.37 bits per heavy atom. The van der Waals surface area contributed by atoms with Crippen LogP contribution in [0.1, 0.15) is 17.2 Å². The van der Waals surface area contributed by atoms with E-state index in [9.17, 15) is 12.8 Å². The quantitative estimate of drug-likeness (QED) is 0.767. The molecule has 2 atom stereocenters. The molecule has 9 heteroatoms. The molecule has 2 aromatic rings. The van der Waals surface area contributed by atoms with Crippen LogP contribution in [0.2, 0.25) is 0 Å². The maximum absolute atomic E-state index is 13.8. The first kappa shape index (κ1) is 19.9. The predicted octanol–water partition coefficient (Wildman–Crippen LogP) is 1.56. The van der Waals surface area contributed by atoms with Crippen molar-refractivity contribution in [2.45, 2.75) is 24.0 Å². The van der Waals surface area contributed by atoms with Crippen LogP contribution in [0.5, 0.6) is 0 Å². The van der Waals surface area contributed by atoms with Gasteiger partial charge in [0.15, 0.2) is 0 Å². The second-order valence-corrected chi connectivity index (χ2v) is 8.95. The summed E-state index contributed by atoms with van der Waals surface area (Å²) in [5, 5.41) is 4.19. The first-order valence-corrected chi connectivity index (χ1v) is 10.2. The molecule has 2 heterocycles. The topological polar surface area (TPSA) is 67.7 Å². The van der Waals surface area contributed by atoms with Crippen molar-refractivity contribution in [1.82, 2.24) is 19.0 Å². The highest BCUT2D eigenvalue weighted by atomic mass is 32.2. The largest absolute Gasteiger partial charge is 0.373 e. The molecule has 0 spiro atoms. The molecule has 1 aromatic heterocycles. The molecule has 1 fully saturated rings. The minimum atomic E-state index is -3.91. The van der Waals surface area contributed by atoms with Gasteiger partial charge >= 0.3 is 0 Å². The molecule has 0 radical (unpaired) electrons. The Morgan fingerprint density at radius 3 is 2.74 bits per heavy atom. The number of ether oxygens (including phenoxy) is 1. The number of aromatic nitrogens is 2. The average molecular weight is 396 g/mol. The van der Waals surface area contributed by atoms with E-state index in [0.717, 1.165) is 11.6 Å². The Hall–Kier alpha value is -1.81. The number of rotatable bonds is 5. The van der Waals surface area contributed by atoms with Crippen LogP contribution in [0.4, 0.5) is 4.39 Å². The van der Waals surface area contributed by atoms with E-state index >= 15 is 0 Å². The molecule has 148 valence electrons. The molecule has 0 unspecified atom stereocenters. The second-order valence-electron chi connectivity index (χ2n) is 7.09. The van der Waals surface area contributed by atoms with Gasteiger partial charge in [-0.15, -0.1) is 0 Å². The number of benzene rings is 1. The third-order valence-corrected chi connectivity index (χ3v) is 6.68. The van der Waals surface area contributed by atoms with Crippen LogP contribution in [0, 0.1) is 12.7 Å². The maximum atomic E-state index is 13.8. The van der Waals surface area contributed by atoms with Crippen molar-refractivity contribution < 1.29 is 17.5 Å².